The molecule has 5 heavy (non-hydrogen) atoms. The third-order valence-corrected chi connectivity index (χ3v) is 0. The maximum Gasteiger partial charge on any atom is -0.0564 e. The van der Waals surface area contributed by atoms with Gasteiger partial charge >= 0.3 is 39.6 Å². The van der Waals surface area contributed by atoms with Crippen molar-refractivity contribution >= 4 is 28.2 Å². The van der Waals surface area contributed by atoms with E-state index in [2.05, 4.69) is 35.1 Å². The molecule has 0 aromatic rings. The fourth-order valence-electron chi connectivity index (χ4n) is 0. The van der Waals surface area contributed by atoms with Gasteiger partial charge in [-0.1, -0.05) is 13.8 Å². The number of halogens is 2. The molecule has 0 heterocycles. The van der Waals surface area contributed by atoms with Gasteiger partial charge in [0.25, 0.3) is 0 Å². The normalized spacial score (nSPS) is 4.80. The van der Waals surface area contributed by atoms with Crippen LogP contribution in [-0.4, -0.2) is 0 Å². The SMILES string of the molecule is [Br][Mn][Br].[CH2]C. The van der Waals surface area contributed by atoms with Gasteiger partial charge in [-0.05, 0) is 0 Å². The first kappa shape index (κ1) is 9.70. The van der Waals surface area contributed by atoms with E-state index < -0.39 is 0 Å². The molecule has 0 aromatic heterocycles. The third kappa shape index (κ3) is 30.3. The molecular weight excluding hydrogens is 239 g/mol. The predicted molar refractivity (Wildman–Crippen MR) is 28.9 cm³/mol. The molecule has 0 aliphatic rings. The maximum absolute atomic E-state index is 3.25. The molecule has 0 saturated carbocycles. The average Bonchev–Trinajstić information content (AvgIpc) is 1.46. The second-order valence-electron chi connectivity index (χ2n) is 0.0540. The van der Waals surface area contributed by atoms with Gasteiger partial charge in [0.2, 0.25) is 0 Å². The van der Waals surface area contributed by atoms with Gasteiger partial charge < -0.3 is 0 Å². The molecule has 0 rings (SSSR count). The van der Waals surface area contributed by atoms with Crippen LogP contribution in [-0.2, 0) is 11.3 Å². The number of hydrogen-bond donors (Lipinski definition) is 0. The van der Waals surface area contributed by atoms with Crippen LogP contribution in [0.3, 0.4) is 0 Å². The Balaban J connectivity index is 0. The van der Waals surface area contributed by atoms with Crippen molar-refractivity contribution in [3.05, 3.63) is 6.92 Å². The van der Waals surface area contributed by atoms with Gasteiger partial charge in [-0.2, -0.15) is 0 Å². The zero-order valence-corrected chi connectivity index (χ0v) is 7.19. The van der Waals surface area contributed by atoms with E-state index in [0.29, 0.717) is 11.3 Å². The smallest absolute Gasteiger partial charge is 0.0564 e. The summed E-state index contributed by atoms with van der Waals surface area (Å²) >= 11 is 6.88. The zero-order valence-electron chi connectivity index (χ0n) is 2.84. The Kier molecular flexibility index (Phi) is 34.7. The summed E-state index contributed by atoms with van der Waals surface area (Å²) in [6, 6.07) is 0. The molecular formula is C2H5Br2Mn. The molecule has 0 saturated heterocycles. The van der Waals surface area contributed by atoms with Gasteiger partial charge in [-0.25, -0.2) is 0 Å². The van der Waals surface area contributed by atoms with E-state index in [-0.39, 0.29) is 0 Å². The Morgan fingerprint density at radius 1 is 1.40 bits per heavy atom. The van der Waals surface area contributed by atoms with Gasteiger partial charge in [-0.15, -0.1) is 0 Å². The van der Waals surface area contributed by atoms with E-state index in [1.165, 1.54) is 0 Å². The first-order valence-corrected chi connectivity index (χ1v) is 6.83. The Morgan fingerprint density at radius 2 is 1.40 bits per heavy atom. The van der Waals surface area contributed by atoms with Gasteiger partial charge in [0, 0.05) is 0 Å². The molecule has 0 amide bonds. The average molecular weight is 244 g/mol. The molecule has 0 aliphatic carbocycles. The van der Waals surface area contributed by atoms with Crippen LogP contribution in [0.25, 0.3) is 0 Å². The van der Waals surface area contributed by atoms with Crippen LogP contribution in [0.15, 0.2) is 0 Å². The predicted octanol–water partition coefficient (Wildman–Crippen LogP) is 2.53. The first-order valence-electron chi connectivity index (χ1n) is 0.993. The standard InChI is InChI=1S/C2H5.2BrH.Mn/c1-2;;;/h1H2,2H3;2*1H;/q;;;+2/p-2. The molecule has 0 fully saturated rings. The summed E-state index contributed by atoms with van der Waals surface area (Å²) in [5.74, 6) is 0. The largest absolute Gasteiger partial charge is 0.0654 e. The Morgan fingerprint density at radius 3 is 1.40 bits per heavy atom. The summed E-state index contributed by atoms with van der Waals surface area (Å²) < 4.78 is 0. The van der Waals surface area contributed by atoms with Crippen LogP contribution in [0.4, 0.5) is 0 Å². The van der Waals surface area contributed by atoms with E-state index >= 15 is 0 Å². The molecule has 0 aliphatic heterocycles. The van der Waals surface area contributed by atoms with Gasteiger partial charge in [-0.3, -0.25) is 0 Å². The van der Waals surface area contributed by atoms with E-state index in [1.54, 1.807) is 6.92 Å². The second-order valence-corrected chi connectivity index (χ2v) is 6.01. The molecule has 0 atom stereocenters. The van der Waals surface area contributed by atoms with Crippen molar-refractivity contribution in [2.75, 3.05) is 0 Å². The van der Waals surface area contributed by atoms with E-state index in [0.717, 1.165) is 0 Å². The van der Waals surface area contributed by atoms with Crippen molar-refractivity contribution in [2.24, 2.45) is 0 Å². The summed E-state index contributed by atoms with van der Waals surface area (Å²) in [4.78, 5) is 0. The molecule has 0 bridgehead atoms. The molecule has 0 unspecified atom stereocenters. The van der Waals surface area contributed by atoms with Crippen molar-refractivity contribution in [3.63, 3.8) is 0 Å². The Hall–Kier alpha value is 1.48. The third-order valence-electron chi connectivity index (χ3n) is 0. The van der Waals surface area contributed by atoms with Gasteiger partial charge in [0.1, 0.15) is 0 Å². The number of hydrogen-bond acceptors (Lipinski definition) is 0. The molecule has 34 valence electrons. The monoisotopic (exact) mass is 242 g/mol. The van der Waals surface area contributed by atoms with Crippen molar-refractivity contribution in [3.8, 4) is 0 Å². The summed E-state index contributed by atoms with van der Waals surface area (Å²) in [5, 5.41) is 0. The topological polar surface area (TPSA) is 0 Å². The molecule has 0 spiro atoms. The van der Waals surface area contributed by atoms with Crippen LogP contribution in [0.2, 0.25) is 0 Å². The minimum absolute atomic E-state index is 0.688. The molecule has 0 N–H and O–H groups in total. The summed E-state index contributed by atoms with van der Waals surface area (Å²) in [6.45, 7) is 5.00. The Bertz CT molecular complexity index is 7.61. The Labute approximate surface area is 53.3 Å². The van der Waals surface area contributed by atoms with Crippen molar-refractivity contribution in [1.29, 1.82) is 0 Å². The van der Waals surface area contributed by atoms with Crippen molar-refractivity contribution in [2.45, 2.75) is 6.92 Å². The maximum atomic E-state index is 3.25. The van der Waals surface area contributed by atoms with Crippen molar-refractivity contribution < 1.29 is 11.3 Å². The fraction of sp³-hybridized carbons (Fsp3) is 0.500. The summed E-state index contributed by atoms with van der Waals surface area (Å²) in [6.07, 6.45) is 0. The molecule has 0 nitrogen and oxygen atoms in total. The minimum Gasteiger partial charge on any atom is -0.0654 e. The van der Waals surface area contributed by atoms with E-state index in [1.807, 2.05) is 0 Å². The zero-order chi connectivity index (χ0) is 4.71. The quantitative estimate of drug-likeness (QED) is 0.574. The fourth-order valence-corrected chi connectivity index (χ4v) is 0. The van der Waals surface area contributed by atoms with Crippen LogP contribution < -0.4 is 0 Å². The van der Waals surface area contributed by atoms with E-state index in [4.69, 9.17) is 0 Å². The first-order chi connectivity index (χ1) is 2.41. The van der Waals surface area contributed by atoms with Crippen molar-refractivity contribution in [1.82, 2.24) is 0 Å². The van der Waals surface area contributed by atoms with E-state index in [9.17, 15) is 0 Å². The van der Waals surface area contributed by atoms with Gasteiger partial charge in [0.05, 0.1) is 0 Å². The van der Waals surface area contributed by atoms with Crippen LogP contribution in [0.1, 0.15) is 6.92 Å². The summed E-state index contributed by atoms with van der Waals surface area (Å²) in [5.41, 5.74) is 0. The summed E-state index contributed by atoms with van der Waals surface area (Å²) in [7, 11) is 0. The van der Waals surface area contributed by atoms with Crippen LogP contribution >= 0.6 is 28.2 Å². The van der Waals surface area contributed by atoms with Crippen LogP contribution in [0.5, 0.6) is 0 Å². The van der Waals surface area contributed by atoms with Crippen LogP contribution in [0, 0.1) is 6.92 Å². The molecule has 3 heteroatoms. The molecule has 1 radical (unpaired) electrons. The minimum atomic E-state index is 0.688. The molecule has 0 aromatic carbocycles. The second kappa shape index (κ2) is 17.9. The number of rotatable bonds is 0. The van der Waals surface area contributed by atoms with Gasteiger partial charge in [0.15, 0.2) is 0 Å².